The van der Waals surface area contributed by atoms with Gasteiger partial charge in [-0.1, -0.05) is 43.4 Å². The van der Waals surface area contributed by atoms with E-state index in [1.54, 1.807) is 11.3 Å². The topological polar surface area (TPSA) is 24.9 Å². The Kier molecular flexibility index (Phi) is 5.49. The molecule has 0 atom stereocenters. The van der Waals surface area contributed by atoms with Gasteiger partial charge >= 0.3 is 0 Å². The fourth-order valence-corrected chi connectivity index (χ4v) is 2.50. The van der Waals surface area contributed by atoms with E-state index in [2.05, 4.69) is 59.0 Å². The Morgan fingerprint density at radius 1 is 1.47 bits per heavy atom. The molecule has 2 nitrogen and oxygen atoms in total. The molecule has 0 saturated heterocycles. The van der Waals surface area contributed by atoms with Crippen molar-refractivity contribution in [3.05, 3.63) is 16.1 Å². The predicted octanol–water partition coefficient (Wildman–Crippen LogP) is 3.36. The van der Waals surface area contributed by atoms with Gasteiger partial charge in [-0.25, -0.2) is 4.98 Å². The highest BCUT2D eigenvalue weighted by molar-refractivity contribution is 14.1. The molecule has 0 unspecified atom stereocenters. The standard InChI is InChI=1S/C11H19IN2S/c1-11(2,3)9-8-15-10(14-9)7-13-6-4-5-12/h8,13H,4-7H2,1-3H3. The van der Waals surface area contributed by atoms with Gasteiger partial charge in [0.1, 0.15) is 5.01 Å². The molecule has 1 heterocycles. The molecule has 0 aliphatic rings. The van der Waals surface area contributed by atoms with Gasteiger partial charge in [0.05, 0.1) is 5.69 Å². The SMILES string of the molecule is CC(C)(C)c1csc(CNCCCI)n1. The van der Waals surface area contributed by atoms with Crippen LogP contribution in [0, 0.1) is 0 Å². The summed E-state index contributed by atoms with van der Waals surface area (Å²) in [4.78, 5) is 4.63. The van der Waals surface area contributed by atoms with Crippen molar-refractivity contribution >= 4 is 33.9 Å². The quantitative estimate of drug-likeness (QED) is 0.506. The first-order valence-corrected chi connectivity index (χ1v) is 7.66. The Morgan fingerprint density at radius 3 is 2.73 bits per heavy atom. The van der Waals surface area contributed by atoms with E-state index in [4.69, 9.17) is 0 Å². The van der Waals surface area contributed by atoms with Gasteiger partial charge < -0.3 is 5.32 Å². The largest absolute Gasteiger partial charge is 0.310 e. The minimum Gasteiger partial charge on any atom is -0.310 e. The Hall–Kier alpha value is 0.320. The molecule has 0 fully saturated rings. The lowest BCUT2D eigenvalue weighted by molar-refractivity contribution is 0.568. The summed E-state index contributed by atoms with van der Waals surface area (Å²) in [7, 11) is 0. The maximum absolute atomic E-state index is 4.63. The Balaban J connectivity index is 2.40. The van der Waals surface area contributed by atoms with Crippen molar-refractivity contribution in [1.29, 1.82) is 0 Å². The summed E-state index contributed by atoms with van der Waals surface area (Å²) in [5.41, 5.74) is 1.38. The number of rotatable bonds is 5. The van der Waals surface area contributed by atoms with Crippen LogP contribution in [0.1, 0.15) is 37.9 Å². The summed E-state index contributed by atoms with van der Waals surface area (Å²) in [5, 5.41) is 6.79. The van der Waals surface area contributed by atoms with Crippen LogP contribution in [0.5, 0.6) is 0 Å². The number of halogens is 1. The number of nitrogens with zero attached hydrogens (tertiary/aromatic N) is 1. The van der Waals surface area contributed by atoms with Crippen molar-refractivity contribution < 1.29 is 0 Å². The van der Waals surface area contributed by atoms with Crippen LogP contribution in [0.2, 0.25) is 0 Å². The van der Waals surface area contributed by atoms with E-state index in [0.717, 1.165) is 13.1 Å². The van der Waals surface area contributed by atoms with Crippen molar-refractivity contribution in [2.45, 2.75) is 39.2 Å². The van der Waals surface area contributed by atoms with E-state index in [0.29, 0.717) is 0 Å². The van der Waals surface area contributed by atoms with Gasteiger partial charge in [0, 0.05) is 21.8 Å². The third-order valence-electron chi connectivity index (χ3n) is 2.08. The summed E-state index contributed by atoms with van der Waals surface area (Å²) in [6.45, 7) is 8.62. The minimum absolute atomic E-state index is 0.178. The molecule has 4 heteroatoms. The molecule has 86 valence electrons. The van der Waals surface area contributed by atoms with Gasteiger partial charge in [-0.2, -0.15) is 0 Å². The van der Waals surface area contributed by atoms with Crippen molar-refractivity contribution in [1.82, 2.24) is 10.3 Å². The van der Waals surface area contributed by atoms with Crippen molar-refractivity contribution in [2.75, 3.05) is 11.0 Å². The molecule has 0 spiro atoms. The molecule has 0 aliphatic carbocycles. The lowest BCUT2D eigenvalue weighted by Gasteiger charge is -2.14. The van der Waals surface area contributed by atoms with Gasteiger partial charge in [-0.05, 0) is 13.0 Å². The second-order valence-electron chi connectivity index (χ2n) is 4.60. The van der Waals surface area contributed by atoms with Crippen LogP contribution >= 0.6 is 33.9 Å². The number of hydrogen-bond donors (Lipinski definition) is 1. The normalized spacial score (nSPS) is 12.0. The molecular formula is C11H19IN2S. The number of thiazole rings is 1. The van der Waals surface area contributed by atoms with E-state index in [1.807, 2.05) is 0 Å². The molecule has 0 aromatic carbocycles. The summed E-state index contributed by atoms with van der Waals surface area (Å²) < 4.78 is 1.22. The van der Waals surface area contributed by atoms with Crippen LogP contribution in [-0.2, 0) is 12.0 Å². The Morgan fingerprint density at radius 2 is 2.20 bits per heavy atom. The third kappa shape index (κ3) is 4.78. The number of nitrogens with one attached hydrogen (secondary N) is 1. The third-order valence-corrected chi connectivity index (χ3v) is 3.70. The summed E-state index contributed by atoms with van der Waals surface area (Å²) in [5.74, 6) is 0. The fourth-order valence-electron chi connectivity index (χ4n) is 1.12. The van der Waals surface area contributed by atoms with Crippen LogP contribution in [0.4, 0.5) is 0 Å². The number of aromatic nitrogens is 1. The molecule has 0 saturated carbocycles. The van der Waals surface area contributed by atoms with Crippen LogP contribution < -0.4 is 5.32 Å². The molecule has 1 rings (SSSR count). The zero-order valence-electron chi connectivity index (χ0n) is 9.64. The highest BCUT2D eigenvalue weighted by Crippen LogP contribution is 2.23. The average Bonchev–Trinajstić information content (AvgIpc) is 2.60. The van der Waals surface area contributed by atoms with Crippen LogP contribution in [0.25, 0.3) is 0 Å². The van der Waals surface area contributed by atoms with Crippen LogP contribution in [-0.4, -0.2) is 16.0 Å². The molecule has 15 heavy (non-hydrogen) atoms. The molecule has 0 radical (unpaired) electrons. The van der Waals surface area contributed by atoms with Gasteiger partial charge in [0.15, 0.2) is 0 Å². The monoisotopic (exact) mass is 338 g/mol. The highest BCUT2D eigenvalue weighted by atomic mass is 127. The molecule has 1 aromatic heterocycles. The maximum Gasteiger partial charge on any atom is 0.107 e. The van der Waals surface area contributed by atoms with Gasteiger partial charge in [0.2, 0.25) is 0 Å². The number of hydrogen-bond acceptors (Lipinski definition) is 3. The predicted molar refractivity (Wildman–Crippen MR) is 76.0 cm³/mol. The fraction of sp³-hybridized carbons (Fsp3) is 0.727. The van der Waals surface area contributed by atoms with Gasteiger partial charge in [-0.3, -0.25) is 0 Å². The van der Waals surface area contributed by atoms with E-state index < -0.39 is 0 Å². The van der Waals surface area contributed by atoms with E-state index in [-0.39, 0.29) is 5.41 Å². The van der Waals surface area contributed by atoms with E-state index in [9.17, 15) is 0 Å². The minimum atomic E-state index is 0.178. The first kappa shape index (κ1) is 13.4. The van der Waals surface area contributed by atoms with E-state index in [1.165, 1.54) is 21.5 Å². The smallest absolute Gasteiger partial charge is 0.107 e. The molecule has 0 amide bonds. The molecule has 0 aliphatic heterocycles. The molecular weight excluding hydrogens is 319 g/mol. The summed E-state index contributed by atoms with van der Waals surface area (Å²) in [6, 6.07) is 0. The van der Waals surface area contributed by atoms with Crippen molar-refractivity contribution in [3.63, 3.8) is 0 Å². The zero-order chi connectivity index (χ0) is 11.3. The lowest BCUT2D eigenvalue weighted by Crippen LogP contribution is -2.16. The highest BCUT2D eigenvalue weighted by Gasteiger charge is 2.16. The average molecular weight is 338 g/mol. The second-order valence-corrected chi connectivity index (χ2v) is 6.62. The summed E-state index contributed by atoms with van der Waals surface area (Å²) in [6.07, 6.45) is 1.23. The van der Waals surface area contributed by atoms with Crippen LogP contribution in [0.3, 0.4) is 0 Å². The molecule has 1 N–H and O–H groups in total. The van der Waals surface area contributed by atoms with Crippen molar-refractivity contribution in [2.24, 2.45) is 0 Å². The molecule has 0 bridgehead atoms. The summed E-state index contributed by atoms with van der Waals surface area (Å²) >= 11 is 4.16. The first-order chi connectivity index (χ1) is 7.04. The lowest BCUT2D eigenvalue weighted by atomic mass is 9.93. The zero-order valence-corrected chi connectivity index (χ0v) is 12.6. The van der Waals surface area contributed by atoms with Crippen LogP contribution in [0.15, 0.2) is 5.38 Å². The van der Waals surface area contributed by atoms with Crippen molar-refractivity contribution in [3.8, 4) is 0 Å². The Bertz CT molecular complexity index is 291. The maximum atomic E-state index is 4.63. The van der Waals surface area contributed by atoms with Gasteiger partial charge in [0.25, 0.3) is 0 Å². The number of alkyl halides is 1. The second kappa shape index (κ2) is 6.15. The Labute approximate surface area is 110 Å². The van der Waals surface area contributed by atoms with Gasteiger partial charge in [-0.15, -0.1) is 11.3 Å². The van der Waals surface area contributed by atoms with E-state index >= 15 is 0 Å². The molecule has 1 aromatic rings. The first-order valence-electron chi connectivity index (χ1n) is 5.25.